The standard InChI is InChI=1S/C66H48F3N5/c67-66(68,69)61-62(71-53-33-17-13-29-49(53)37-41-57(71)45-21-5-1-6-22-45)63(72-54-34-18-14-30-50(54)38-42-58(72)46-23-7-2-8-24-46)65(74-56-36-20-16-32-52(56)40-44-60(74)48-27-11-4-12-28-48)70-64(61)73-55-35-19-15-31-51(55)39-43-59(73)47-25-9-3-10-26-47/h1-36,41-44H,37-40H2. The Morgan fingerprint density at radius 2 is 0.568 bits per heavy atom. The van der Waals surface area contributed by atoms with Crippen LogP contribution in [0.5, 0.6) is 0 Å². The van der Waals surface area contributed by atoms with Gasteiger partial charge in [0, 0.05) is 22.8 Å². The average Bonchev–Trinajstić information content (AvgIpc) is 3.46. The number of pyridine rings is 1. The molecule has 5 heterocycles. The Morgan fingerprint density at radius 1 is 0.297 bits per heavy atom. The summed E-state index contributed by atoms with van der Waals surface area (Å²) in [5, 5.41) is 0. The van der Waals surface area contributed by atoms with Crippen LogP contribution in [0.1, 0.15) is 50.1 Å². The molecule has 0 spiro atoms. The van der Waals surface area contributed by atoms with E-state index in [1.54, 1.807) is 4.90 Å². The van der Waals surface area contributed by atoms with Crippen LogP contribution < -0.4 is 19.6 Å². The molecular weight excluding hydrogens is 920 g/mol. The first-order valence-electron chi connectivity index (χ1n) is 25.1. The van der Waals surface area contributed by atoms with Gasteiger partial charge in [0.2, 0.25) is 0 Å². The summed E-state index contributed by atoms with van der Waals surface area (Å²) in [5.74, 6) is 0.0877. The molecule has 4 aliphatic heterocycles. The van der Waals surface area contributed by atoms with Crippen LogP contribution in [-0.4, -0.2) is 4.98 Å². The molecule has 0 fully saturated rings. The zero-order valence-electron chi connectivity index (χ0n) is 40.3. The Kier molecular flexibility index (Phi) is 11.2. The number of anilines is 8. The molecule has 5 nitrogen and oxygen atoms in total. The first-order chi connectivity index (χ1) is 36.4. The third-order valence-electron chi connectivity index (χ3n) is 14.5. The number of nitrogens with zero attached hydrogens (tertiary/aromatic N) is 5. The van der Waals surface area contributed by atoms with Gasteiger partial charge in [-0.3, -0.25) is 9.80 Å². The van der Waals surface area contributed by atoms with E-state index in [1.165, 1.54) is 0 Å². The van der Waals surface area contributed by atoms with Gasteiger partial charge < -0.3 is 9.80 Å². The molecule has 8 heteroatoms. The molecule has 0 amide bonds. The lowest BCUT2D eigenvalue weighted by Gasteiger charge is -2.44. The van der Waals surface area contributed by atoms with Gasteiger partial charge in [0.05, 0.1) is 28.5 Å². The van der Waals surface area contributed by atoms with Gasteiger partial charge in [-0.2, -0.15) is 13.2 Å². The predicted octanol–water partition coefficient (Wildman–Crippen LogP) is 17.0. The van der Waals surface area contributed by atoms with Crippen LogP contribution >= 0.6 is 0 Å². The highest BCUT2D eigenvalue weighted by Gasteiger charge is 2.48. The van der Waals surface area contributed by atoms with Crippen LogP contribution in [0.25, 0.3) is 22.8 Å². The lowest BCUT2D eigenvalue weighted by molar-refractivity contribution is -0.136. The fourth-order valence-electron chi connectivity index (χ4n) is 11.2. The van der Waals surface area contributed by atoms with Gasteiger partial charge in [-0.15, -0.1) is 0 Å². The molecule has 0 bridgehead atoms. The molecule has 1 aromatic heterocycles. The van der Waals surface area contributed by atoms with Crippen molar-refractivity contribution in [2.45, 2.75) is 31.9 Å². The fraction of sp³-hybridized carbons (Fsp3) is 0.0758. The van der Waals surface area contributed by atoms with Gasteiger partial charge >= 0.3 is 6.18 Å². The normalized spacial score (nSPS) is 15.0. The third kappa shape index (κ3) is 7.69. The molecule has 358 valence electrons. The number of benzene rings is 8. The van der Waals surface area contributed by atoms with Gasteiger partial charge in [0.25, 0.3) is 0 Å². The van der Waals surface area contributed by atoms with E-state index in [0.717, 1.165) is 67.3 Å². The maximum atomic E-state index is 18.1. The second-order valence-corrected chi connectivity index (χ2v) is 18.8. The number of rotatable bonds is 8. The monoisotopic (exact) mass is 967 g/mol. The highest BCUT2D eigenvalue weighted by Crippen LogP contribution is 2.61. The van der Waals surface area contributed by atoms with Crippen molar-refractivity contribution in [3.05, 3.63) is 293 Å². The van der Waals surface area contributed by atoms with Crippen LogP contribution in [0.4, 0.5) is 58.9 Å². The van der Waals surface area contributed by atoms with Gasteiger partial charge in [-0.25, -0.2) is 4.98 Å². The summed E-state index contributed by atoms with van der Waals surface area (Å²) in [4.78, 5) is 13.6. The summed E-state index contributed by atoms with van der Waals surface area (Å²) < 4.78 is 54.2. The summed E-state index contributed by atoms with van der Waals surface area (Å²) in [6.07, 6.45) is 5.67. The zero-order chi connectivity index (χ0) is 49.8. The van der Waals surface area contributed by atoms with Crippen LogP contribution in [0, 0.1) is 0 Å². The Hall–Kier alpha value is -9.14. The number of aromatic nitrogens is 1. The van der Waals surface area contributed by atoms with Crippen molar-refractivity contribution in [1.29, 1.82) is 0 Å². The molecule has 0 radical (unpaired) electrons. The molecule has 0 saturated heterocycles. The van der Waals surface area contributed by atoms with E-state index in [-0.39, 0.29) is 17.2 Å². The van der Waals surface area contributed by atoms with Crippen molar-refractivity contribution < 1.29 is 13.2 Å². The van der Waals surface area contributed by atoms with Crippen LogP contribution in [0.15, 0.2) is 243 Å². The number of alkyl halides is 3. The average molecular weight is 968 g/mol. The van der Waals surface area contributed by atoms with Crippen LogP contribution in [0.2, 0.25) is 0 Å². The molecular formula is C66H48F3N5. The van der Waals surface area contributed by atoms with Crippen LogP contribution in [-0.2, 0) is 31.9 Å². The molecule has 8 aromatic carbocycles. The zero-order valence-corrected chi connectivity index (χ0v) is 40.3. The summed E-state index contributed by atoms with van der Waals surface area (Å²) in [6.45, 7) is 0. The quantitative estimate of drug-likeness (QED) is 0.151. The number of allylic oxidation sites excluding steroid dienone is 4. The SMILES string of the molecule is FC(F)(F)c1c(N2C(c3ccccc3)=CCc3ccccc32)nc(N2C(c3ccccc3)=CCc3ccccc32)c(N2C(c3ccccc3)=CCc3ccccc32)c1N1C(c2ccccc2)=CCc2ccccc21. The maximum absolute atomic E-state index is 18.1. The summed E-state index contributed by atoms with van der Waals surface area (Å²) in [5.41, 5.74) is 12.1. The number of hydrogen-bond acceptors (Lipinski definition) is 5. The maximum Gasteiger partial charge on any atom is 0.422 e. The molecule has 0 atom stereocenters. The van der Waals surface area contributed by atoms with E-state index in [1.807, 2.05) is 199 Å². The summed E-state index contributed by atoms with van der Waals surface area (Å²) in [7, 11) is 0. The van der Waals surface area contributed by atoms with Gasteiger partial charge in [0.15, 0.2) is 11.6 Å². The molecule has 4 aliphatic rings. The summed E-state index contributed by atoms with van der Waals surface area (Å²) >= 11 is 0. The summed E-state index contributed by atoms with van der Waals surface area (Å²) in [6, 6.07) is 71.6. The van der Waals surface area contributed by atoms with E-state index in [0.29, 0.717) is 54.3 Å². The highest BCUT2D eigenvalue weighted by atomic mass is 19.4. The van der Waals surface area contributed by atoms with Gasteiger partial charge in [-0.1, -0.05) is 218 Å². The van der Waals surface area contributed by atoms with E-state index in [2.05, 4.69) is 58.4 Å². The lowest BCUT2D eigenvalue weighted by Crippen LogP contribution is -2.34. The van der Waals surface area contributed by atoms with Gasteiger partial charge in [-0.05, 0) is 94.5 Å². The Morgan fingerprint density at radius 3 is 0.905 bits per heavy atom. The fourth-order valence-corrected chi connectivity index (χ4v) is 11.2. The van der Waals surface area contributed by atoms with Crippen molar-refractivity contribution in [2.24, 2.45) is 0 Å². The molecule has 9 aromatic rings. The minimum atomic E-state index is -5.00. The van der Waals surface area contributed by atoms with E-state index in [4.69, 9.17) is 4.98 Å². The smallest absolute Gasteiger partial charge is 0.307 e. The predicted molar refractivity (Wildman–Crippen MR) is 296 cm³/mol. The van der Waals surface area contributed by atoms with Crippen molar-refractivity contribution in [2.75, 3.05) is 19.6 Å². The molecule has 0 saturated carbocycles. The molecule has 0 N–H and O–H groups in total. The van der Waals surface area contributed by atoms with E-state index >= 15 is 13.2 Å². The second kappa shape index (κ2) is 18.5. The number of hydrogen-bond donors (Lipinski definition) is 0. The number of para-hydroxylation sites is 4. The Labute approximate surface area is 429 Å². The van der Waals surface area contributed by atoms with Gasteiger partial charge in [0.1, 0.15) is 11.3 Å². The largest absolute Gasteiger partial charge is 0.422 e. The number of fused-ring (bicyclic) bond motifs is 4. The second-order valence-electron chi connectivity index (χ2n) is 18.8. The Balaban J connectivity index is 1.28. The minimum Gasteiger partial charge on any atom is -0.307 e. The van der Waals surface area contributed by atoms with Crippen LogP contribution in [0.3, 0.4) is 0 Å². The number of halogens is 3. The third-order valence-corrected chi connectivity index (χ3v) is 14.5. The van der Waals surface area contributed by atoms with Crippen molar-refractivity contribution in [3.8, 4) is 0 Å². The van der Waals surface area contributed by atoms with E-state index in [9.17, 15) is 0 Å². The molecule has 0 aliphatic carbocycles. The first-order valence-corrected chi connectivity index (χ1v) is 25.1. The van der Waals surface area contributed by atoms with Crippen molar-refractivity contribution >= 4 is 68.5 Å². The van der Waals surface area contributed by atoms with E-state index < -0.39 is 11.7 Å². The lowest BCUT2D eigenvalue weighted by atomic mass is 9.93. The van der Waals surface area contributed by atoms with Crippen molar-refractivity contribution in [3.63, 3.8) is 0 Å². The first kappa shape index (κ1) is 44.8. The molecule has 13 rings (SSSR count). The molecule has 0 unspecified atom stereocenters. The topological polar surface area (TPSA) is 25.9 Å². The molecule has 74 heavy (non-hydrogen) atoms. The Bertz CT molecular complexity index is 3730. The minimum absolute atomic E-state index is 0.0516. The van der Waals surface area contributed by atoms with Crippen molar-refractivity contribution in [1.82, 2.24) is 4.98 Å². The highest BCUT2D eigenvalue weighted by molar-refractivity contribution is 6.11.